The van der Waals surface area contributed by atoms with Crippen molar-refractivity contribution in [2.24, 2.45) is 0 Å². The van der Waals surface area contributed by atoms with Crippen LogP contribution in [0.25, 0.3) is 0 Å². The minimum absolute atomic E-state index is 0.138. The summed E-state index contributed by atoms with van der Waals surface area (Å²) in [4.78, 5) is 12.7. The molecule has 0 fully saturated rings. The number of anilines is 1. The van der Waals surface area contributed by atoms with E-state index >= 15 is 0 Å². The lowest BCUT2D eigenvalue weighted by molar-refractivity contribution is -0.122. The Morgan fingerprint density at radius 2 is 1.68 bits per heavy atom. The Labute approximate surface area is 163 Å². The number of halogens is 2. The summed E-state index contributed by atoms with van der Waals surface area (Å²) in [6, 6.07) is 8.11. The summed E-state index contributed by atoms with van der Waals surface area (Å²) in [5.41, 5.74) is 0.654. The molecule has 152 valence electrons. The number of hydrogen-bond donors (Lipinski definition) is 1. The van der Waals surface area contributed by atoms with Crippen molar-refractivity contribution in [3.63, 3.8) is 0 Å². The van der Waals surface area contributed by atoms with Crippen LogP contribution < -0.4 is 14.4 Å². The van der Waals surface area contributed by atoms with Gasteiger partial charge < -0.3 is 10.1 Å². The fourth-order valence-corrected chi connectivity index (χ4v) is 3.91. The monoisotopic (exact) mass is 412 g/mol. The fourth-order valence-electron chi connectivity index (χ4n) is 2.74. The lowest BCUT2D eigenvalue weighted by atomic mass is 10.1. The standard InChI is InChI=1S/C19H22F2N2O4S/c1-12(14-5-8-16(27-3)9-6-14)22-19(24)13(2)23(28(4,25)26)15-7-10-17(20)18(21)11-15/h5-13H,1-4H3,(H,22,24). The lowest BCUT2D eigenvalue weighted by Crippen LogP contribution is -2.48. The molecule has 0 heterocycles. The molecule has 0 radical (unpaired) electrons. The number of hydrogen-bond acceptors (Lipinski definition) is 4. The van der Waals surface area contributed by atoms with Gasteiger partial charge in [0.1, 0.15) is 11.8 Å². The number of methoxy groups -OCH3 is 1. The van der Waals surface area contributed by atoms with Crippen LogP contribution >= 0.6 is 0 Å². The molecule has 0 spiro atoms. The van der Waals surface area contributed by atoms with Gasteiger partial charge in [-0.05, 0) is 43.7 Å². The number of ether oxygens (including phenoxy) is 1. The molecule has 0 saturated carbocycles. The van der Waals surface area contributed by atoms with Crippen LogP contribution in [0.2, 0.25) is 0 Å². The molecule has 1 N–H and O–H groups in total. The molecule has 2 rings (SSSR count). The van der Waals surface area contributed by atoms with Crippen LogP contribution in [-0.4, -0.2) is 33.7 Å². The van der Waals surface area contributed by atoms with Crippen LogP contribution in [0.5, 0.6) is 5.75 Å². The quantitative estimate of drug-likeness (QED) is 0.759. The number of carbonyl (C=O) groups is 1. The molecule has 0 bridgehead atoms. The van der Waals surface area contributed by atoms with E-state index < -0.39 is 39.6 Å². The second-order valence-electron chi connectivity index (χ2n) is 6.34. The minimum Gasteiger partial charge on any atom is -0.497 e. The maximum absolute atomic E-state index is 13.6. The summed E-state index contributed by atoms with van der Waals surface area (Å²) in [5.74, 6) is -2.23. The van der Waals surface area contributed by atoms with Crippen LogP contribution in [0.15, 0.2) is 42.5 Å². The maximum atomic E-state index is 13.6. The van der Waals surface area contributed by atoms with Gasteiger partial charge in [0.2, 0.25) is 15.9 Å². The molecule has 2 atom stereocenters. The molecule has 0 aliphatic heterocycles. The Morgan fingerprint density at radius 3 is 2.18 bits per heavy atom. The van der Waals surface area contributed by atoms with E-state index in [-0.39, 0.29) is 5.69 Å². The average Bonchev–Trinajstić information content (AvgIpc) is 2.63. The van der Waals surface area contributed by atoms with E-state index in [0.717, 1.165) is 34.3 Å². The highest BCUT2D eigenvalue weighted by Gasteiger charge is 2.30. The van der Waals surface area contributed by atoms with Crippen molar-refractivity contribution in [1.29, 1.82) is 0 Å². The molecule has 6 nitrogen and oxygen atoms in total. The predicted molar refractivity (Wildman–Crippen MR) is 103 cm³/mol. The predicted octanol–water partition coefficient (Wildman–Crippen LogP) is 3.01. The topological polar surface area (TPSA) is 75.7 Å². The van der Waals surface area contributed by atoms with Crippen molar-refractivity contribution in [2.75, 3.05) is 17.7 Å². The number of benzene rings is 2. The molecule has 0 aliphatic rings. The summed E-state index contributed by atoms with van der Waals surface area (Å²) >= 11 is 0. The third kappa shape index (κ3) is 4.98. The van der Waals surface area contributed by atoms with Gasteiger partial charge >= 0.3 is 0 Å². The van der Waals surface area contributed by atoms with E-state index in [2.05, 4.69) is 5.32 Å². The van der Waals surface area contributed by atoms with Crippen LogP contribution in [0, 0.1) is 11.6 Å². The molecule has 9 heteroatoms. The van der Waals surface area contributed by atoms with Crippen molar-refractivity contribution in [1.82, 2.24) is 5.32 Å². The second kappa shape index (κ2) is 8.55. The van der Waals surface area contributed by atoms with Gasteiger partial charge in [-0.15, -0.1) is 0 Å². The Balaban J connectivity index is 2.24. The van der Waals surface area contributed by atoms with Crippen LogP contribution in [0.3, 0.4) is 0 Å². The SMILES string of the molecule is COc1ccc(C(C)NC(=O)C(C)N(c2ccc(F)c(F)c2)S(C)(=O)=O)cc1. The number of carbonyl (C=O) groups excluding carboxylic acids is 1. The van der Waals surface area contributed by atoms with Gasteiger partial charge in [0.25, 0.3) is 0 Å². The minimum atomic E-state index is -3.93. The van der Waals surface area contributed by atoms with E-state index in [0.29, 0.717) is 5.75 Å². The average molecular weight is 412 g/mol. The number of nitrogens with zero attached hydrogens (tertiary/aromatic N) is 1. The molecular weight excluding hydrogens is 390 g/mol. The van der Waals surface area contributed by atoms with Crippen molar-refractivity contribution in [3.8, 4) is 5.75 Å². The highest BCUT2D eigenvalue weighted by Crippen LogP contribution is 2.24. The molecule has 1 amide bonds. The zero-order chi connectivity index (χ0) is 21.1. The van der Waals surface area contributed by atoms with Crippen LogP contribution in [0.1, 0.15) is 25.5 Å². The fraction of sp³-hybridized carbons (Fsp3) is 0.316. The van der Waals surface area contributed by atoms with Gasteiger partial charge in [0.05, 0.1) is 25.1 Å². The molecule has 2 unspecified atom stereocenters. The molecule has 0 aliphatic carbocycles. The Kier molecular flexibility index (Phi) is 6.60. The first kappa shape index (κ1) is 21.6. The van der Waals surface area contributed by atoms with Crippen molar-refractivity contribution in [3.05, 3.63) is 59.7 Å². The first-order valence-electron chi connectivity index (χ1n) is 8.43. The Morgan fingerprint density at radius 1 is 1.07 bits per heavy atom. The lowest BCUT2D eigenvalue weighted by Gasteiger charge is -2.29. The molecule has 2 aromatic carbocycles. The van der Waals surface area contributed by atoms with Gasteiger partial charge in [-0.3, -0.25) is 9.10 Å². The third-order valence-corrected chi connectivity index (χ3v) is 5.46. The number of rotatable bonds is 7. The molecule has 2 aromatic rings. The van der Waals surface area contributed by atoms with Gasteiger partial charge in [-0.2, -0.15) is 0 Å². The third-order valence-electron chi connectivity index (χ3n) is 4.22. The Hall–Kier alpha value is -2.68. The highest BCUT2D eigenvalue weighted by atomic mass is 32.2. The summed E-state index contributed by atoms with van der Waals surface area (Å²) < 4.78 is 57.1. The van der Waals surface area contributed by atoms with Gasteiger partial charge in [0.15, 0.2) is 11.6 Å². The van der Waals surface area contributed by atoms with Crippen LogP contribution in [0.4, 0.5) is 14.5 Å². The Bertz CT molecular complexity index is 949. The number of sulfonamides is 1. The van der Waals surface area contributed by atoms with Gasteiger partial charge in [-0.1, -0.05) is 12.1 Å². The van der Waals surface area contributed by atoms with Gasteiger partial charge in [-0.25, -0.2) is 17.2 Å². The molecule has 28 heavy (non-hydrogen) atoms. The molecule has 0 aromatic heterocycles. The normalized spacial score (nSPS) is 13.5. The van der Waals surface area contributed by atoms with E-state index in [4.69, 9.17) is 4.74 Å². The summed E-state index contributed by atoms with van der Waals surface area (Å²) in [5, 5.41) is 2.73. The van der Waals surface area contributed by atoms with E-state index in [1.54, 1.807) is 38.3 Å². The first-order chi connectivity index (χ1) is 13.0. The highest BCUT2D eigenvalue weighted by molar-refractivity contribution is 7.92. The van der Waals surface area contributed by atoms with Crippen molar-refractivity contribution in [2.45, 2.75) is 25.9 Å². The first-order valence-corrected chi connectivity index (χ1v) is 10.3. The van der Waals surface area contributed by atoms with E-state index in [9.17, 15) is 22.0 Å². The number of nitrogens with one attached hydrogen (secondary N) is 1. The summed E-state index contributed by atoms with van der Waals surface area (Å²) in [6.07, 6.45) is 0.894. The maximum Gasteiger partial charge on any atom is 0.244 e. The number of amides is 1. The largest absolute Gasteiger partial charge is 0.497 e. The zero-order valence-corrected chi connectivity index (χ0v) is 16.8. The van der Waals surface area contributed by atoms with E-state index in [1.165, 1.54) is 6.92 Å². The van der Waals surface area contributed by atoms with Crippen LogP contribution in [-0.2, 0) is 14.8 Å². The summed E-state index contributed by atoms with van der Waals surface area (Å²) in [7, 11) is -2.39. The summed E-state index contributed by atoms with van der Waals surface area (Å²) in [6.45, 7) is 3.12. The smallest absolute Gasteiger partial charge is 0.244 e. The molecular formula is C19H22F2N2O4S. The van der Waals surface area contributed by atoms with Gasteiger partial charge in [0, 0.05) is 6.07 Å². The molecule has 0 saturated heterocycles. The van der Waals surface area contributed by atoms with E-state index in [1.807, 2.05) is 0 Å². The zero-order valence-electron chi connectivity index (χ0n) is 15.9. The van der Waals surface area contributed by atoms with Crippen molar-refractivity contribution >= 4 is 21.6 Å². The van der Waals surface area contributed by atoms with Crippen molar-refractivity contribution < 1.29 is 26.7 Å². The second-order valence-corrected chi connectivity index (χ2v) is 8.20.